The Balaban J connectivity index is 1.17. The highest BCUT2D eigenvalue weighted by atomic mass is 15.2. The topological polar surface area (TPSA) is 8.17 Å². The molecule has 1 aliphatic rings. The summed E-state index contributed by atoms with van der Waals surface area (Å²) in [5.41, 5.74) is 16.9. The molecule has 9 aromatic carbocycles. The van der Waals surface area contributed by atoms with Gasteiger partial charge in [-0.25, -0.2) is 0 Å². The lowest BCUT2D eigenvalue weighted by Crippen LogP contribution is -2.17. The summed E-state index contributed by atoms with van der Waals surface area (Å²) in [6, 6.07) is 75.7. The molecule has 0 aliphatic heterocycles. The van der Waals surface area contributed by atoms with Crippen molar-refractivity contribution in [2.45, 2.75) is 19.3 Å². The van der Waals surface area contributed by atoms with Crippen molar-refractivity contribution in [3.8, 4) is 39.1 Å². The van der Waals surface area contributed by atoms with Gasteiger partial charge in [0.15, 0.2) is 0 Å². The van der Waals surface area contributed by atoms with Gasteiger partial charge in [-0.1, -0.05) is 172 Å². The molecule has 0 spiro atoms. The van der Waals surface area contributed by atoms with Crippen LogP contribution in [0.15, 0.2) is 206 Å². The number of hydrogen-bond acceptors (Lipinski definition) is 1. The number of rotatable bonds is 6. The van der Waals surface area contributed by atoms with E-state index >= 15 is 0 Å². The van der Waals surface area contributed by atoms with Gasteiger partial charge in [-0.05, 0) is 104 Å². The third-order valence-electron chi connectivity index (χ3n) is 12.2. The summed E-state index contributed by atoms with van der Waals surface area (Å²) in [5, 5.41) is 4.99. The quantitative estimate of drug-likeness (QED) is 0.165. The summed E-state index contributed by atoms with van der Waals surface area (Å²) in [6.07, 6.45) is 0. The molecule has 2 heteroatoms. The molecule has 0 atom stereocenters. The van der Waals surface area contributed by atoms with Crippen LogP contribution >= 0.6 is 0 Å². The van der Waals surface area contributed by atoms with Gasteiger partial charge in [0, 0.05) is 27.6 Å². The van der Waals surface area contributed by atoms with Crippen molar-refractivity contribution in [2.75, 3.05) is 4.90 Å². The fourth-order valence-electron chi connectivity index (χ4n) is 9.54. The van der Waals surface area contributed by atoms with Gasteiger partial charge in [-0.2, -0.15) is 0 Å². The summed E-state index contributed by atoms with van der Waals surface area (Å²) in [5.74, 6) is 0. The summed E-state index contributed by atoms with van der Waals surface area (Å²) in [7, 11) is 0. The maximum absolute atomic E-state index is 2.48. The minimum absolute atomic E-state index is 0.140. The lowest BCUT2D eigenvalue weighted by molar-refractivity contribution is 0.660. The normalized spacial score (nSPS) is 12.9. The van der Waals surface area contributed by atoms with E-state index < -0.39 is 0 Å². The van der Waals surface area contributed by atoms with Crippen LogP contribution in [0.1, 0.15) is 25.0 Å². The van der Waals surface area contributed by atoms with Crippen molar-refractivity contribution in [2.24, 2.45) is 0 Å². The largest absolute Gasteiger partial charge is 0.308 e. The molecule has 1 heterocycles. The first-order chi connectivity index (χ1) is 28.1. The van der Waals surface area contributed by atoms with Crippen LogP contribution < -0.4 is 4.90 Å². The molecule has 0 unspecified atom stereocenters. The van der Waals surface area contributed by atoms with Gasteiger partial charge in [0.05, 0.1) is 22.4 Å². The van der Waals surface area contributed by atoms with Gasteiger partial charge in [0.2, 0.25) is 0 Å². The molecule has 0 N–H and O–H groups in total. The van der Waals surface area contributed by atoms with Crippen LogP contribution in [0.25, 0.3) is 71.6 Å². The van der Waals surface area contributed by atoms with Crippen molar-refractivity contribution >= 4 is 49.6 Å². The number of benzene rings is 9. The Morgan fingerprint density at radius 3 is 1.74 bits per heavy atom. The van der Waals surface area contributed by atoms with Crippen LogP contribution in [0.2, 0.25) is 0 Å². The van der Waals surface area contributed by atoms with Gasteiger partial charge in [0.25, 0.3) is 0 Å². The number of fused-ring (bicyclic) bond motifs is 7. The Hall–Kier alpha value is -7.16. The number of hydrogen-bond donors (Lipinski definition) is 0. The molecule has 0 fully saturated rings. The molecule has 1 aromatic heterocycles. The van der Waals surface area contributed by atoms with Crippen LogP contribution in [0.3, 0.4) is 0 Å². The Labute approximate surface area is 333 Å². The molecule has 57 heavy (non-hydrogen) atoms. The Morgan fingerprint density at radius 1 is 0.404 bits per heavy atom. The fourth-order valence-corrected chi connectivity index (χ4v) is 9.54. The van der Waals surface area contributed by atoms with E-state index in [1.165, 1.54) is 77.1 Å². The van der Waals surface area contributed by atoms with Gasteiger partial charge < -0.3 is 9.47 Å². The van der Waals surface area contributed by atoms with E-state index in [0.29, 0.717) is 0 Å². The molecule has 0 saturated heterocycles. The highest BCUT2D eigenvalue weighted by Gasteiger charge is 2.36. The molecule has 1 aliphatic carbocycles. The van der Waals surface area contributed by atoms with E-state index in [1.54, 1.807) is 0 Å². The van der Waals surface area contributed by atoms with Crippen LogP contribution in [-0.2, 0) is 5.41 Å². The number of aromatic nitrogens is 1. The predicted molar refractivity (Wildman–Crippen MR) is 241 cm³/mol. The third kappa shape index (κ3) is 5.18. The lowest BCUT2D eigenvalue weighted by atomic mass is 9.82. The molecular formula is C55H40N2. The SMILES string of the molecule is CC1(C)c2ccccc2-c2ccc(N(c3cccc(-c4cccc5cccc(-c6ccccc6)c45)c3)c3ccccc3-n3c4ccccc4c4ccccc43)cc21. The second-order valence-electron chi connectivity index (χ2n) is 15.7. The van der Waals surface area contributed by atoms with E-state index in [9.17, 15) is 0 Å². The van der Waals surface area contributed by atoms with E-state index in [1.807, 2.05) is 0 Å². The van der Waals surface area contributed by atoms with Crippen LogP contribution in [0.5, 0.6) is 0 Å². The molecule has 10 aromatic rings. The average Bonchev–Trinajstić information content (AvgIpc) is 3.72. The van der Waals surface area contributed by atoms with E-state index in [2.05, 4.69) is 230 Å². The van der Waals surface area contributed by atoms with Gasteiger partial charge in [-0.3, -0.25) is 0 Å². The lowest BCUT2D eigenvalue weighted by Gasteiger charge is -2.30. The van der Waals surface area contributed by atoms with Crippen molar-refractivity contribution in [1.29, 1.82) is 0 Å². The summed E-state index contributed by atoms with van der Waals surface area (Å²) in [6.45, 7) is 4.73. The number of nitrogens with zero attached hydrogens (tertiary/aromatic N) is 2. The van der Waals surface area contributed by atoms with Gasteiger partial charge in [0.1, 0.15) is 0 Å². The molecule has 0 amide bonds. The highest BCUT2D eigenvalue weighted by molar-refractivity contribution is 6.10. The summed E-state index contributed by atoms with van der Waals surface area (Å²) >= 11 is 0. The van der Waals surface area contributed by atoms with Crippen molar-refractivity contribution < 1.29 is 0 Å². The molecule has 0 bridgehead atoms. The zero-order valence-electron chi connectivity index (χ0n) is 32.0. The van der Waals surface area contributed by atoms with Crippen molar-refractivity contribution in [3.05, 3.63) is 217 Å². The smallest absolute Gasteiger partial charge is 0.0702 e. The van der Waals surface area contributed by atoms with E-state index in [0.717, 1.165) is 22.7 Å². The zero-order valence-corrected chi connectivity index (χ0v) is 32.0. The highest BCUT2D eigenvalue weighted by Crippen LogP contribution is 2.51. The van der Waals surface area contributed by atoms with Crippen LogP contribution in [-0.4, -0.2) is 4.57 Å². The minimum Gasteiger partial charge on any atom is -0.308 e. The molecular weight excluding hydrogens is 689 g/mol. The first-order valence-electron chi connectivity index (χ1n) is 19.9. The second kappa shape index (κ2) is 13.0. The van der Waals surface area contributed by atoms with Gasteiger partial charge >= 0.3 is 0 Å². The number of para-hydroxylation sites is 4. The zero-order chi connectivity index (χ0) is 38.1. The van der Waals surface area contributed by atoms with Gasteiger partial charge in [-0.15, -0.1) is 0 Å². The molecule has 2 nitrogen and oxygen atoms in total. The fraction of sp³-hybridized carbons (Fsp3) is 0.0545. The molecule has 0 radical (unpaired) electrons. The van der Waals surface area contributed by atoms with Crippen LogP contribution in [0.4, 0.5) is 17.1 Å². The summed E-state index contributed by atoms with van der Waals surface area (Å²) in [4.78, 5) is 2.48. The first kappa shape index (κ1) is 33.2. The van der Waals surface area contributed by atoms with Crippen molar-refractivity contribution in [3.63, 3.8) is 0 Å². The monoisotopic (exact) mass is 728 g/mol. The first-order valence-corrected chi connectivity index (χ1v) is 19.9. The molecule has 270 valence electrons. The Morgan fingerprint density at radius 2 is 0.965 bits per heavy atom. The molecule has 0 saturated carbocycles. The number of anilines is 3. The second-order valence-corrected chi connectivity index (χ2v) is 15.7. The Kier molecular flexibility index (Phi) is 7.55. The standard InChI is InChI=1S/C55H40N2/c1-55(2)48-28-9-6-23-44(48)45-34-33-41(36-49(45)55)56(52-31-12-13-32-53(52)57-50-29-10-7-24-46(50)47-25-8-11-30-51(47)57)40-22-14-21-39(35-40)43-27-16-20-38-19-15-26-42(54(38)43)37-17-4-3-5-18-37/h3-36H,1-2H3. The van der Waals surface area contributed by atoms with Crippen LogP contribution in [0, 0.1) is 0 Å². The van der Waals surface area contributed by atoms with E-state index in [-0.39, 0.29) is 5.41 Å². The predicted octanol–water partition coefficient (Wildman–Crippen LogP) is 15.0. The maximum atomic E-state index is 2.48. The van der Waals surface area contributed by atoms with Crippen molar-refractivity contribution in [1.82, 2.24) is 4.57 Å². The Bertz CT molecular complexity index is 3110. The third-order valence-corrected chi connectivity index (χ3v) is 12.2. The van der Waals surface area contributed by atoms with E-state index in [4.69, 9.17) is 0 Å². The summed E-state index contributed by atoms with van der Waals surface area (Å²) < 4.78 is 2.45. The molecule has 11 rings (SSSR count). The average molecular weight is 729 g/mol. The minimum atomic E-state index is -0.140. The maximum Gasteiger partial charge on any atom is 0.0702 e.